The van der Waals surface area contributed by atoms with Crippen LogP contribution in [-0.4, -0.2) is 62.0 Å². The summed E-state index contributed by atoms with van der Waals surface area (Å²) in [6, 6.07) is 0. The van der Waals surface area contributed by atoms with Gasteiger partial charge in [0.25, 0.3) is 0 Å². The highest BCUT2D eigenvalue weighted by atomic mass is 16.2. The molecule has 0 radical (unpaired) electrons. The van der Waals surface area contributed by atoms with Gasteiger partial charge in [0, 0.05) is 32.6 Å². The van der Waals surface area contributed by atoms with E-state index in [1.165, 1.54) is 12.8 Å². The minimum Gasteiger partial charge on any atom is -0.340 e. The van der Waals surface area contributed by atoms with E-state index in [1.807, 2.05) is 4.90 Å². The third-order valence-electron chi connectivity index (χ3n) is 3.29. The quantitative estimate of drug-likeness (QED) is 0.720. The molecule has 1 amide bonds. The molecule has 1 N–H and O–H groups in total. The summed E-state index contributed by atoms with van der Waals surface area (Å²) in [5.74, 6) is 0.329. The second-order valence-corrected chi connectivity index (χ2v) is 4.89. The number of carbonyl (C=O) groups excluding carboxylic acids is 1. The van der Waals surface area contributed by atoms with Crippen molar-refractivity contribution < 1.29 is 4.79 Å². The maximum Gasteiger partial charge on any atom is 0.222 e. The number of nitrogens with one attached hydrogen (secondary N) is 1. The Morgan fingerprint density at radius 1 is 1.24 bits per heavy atom. The van der Waals surface area contributed by atoms with Crippen molar-refractivity contribution in [2.24, 2.45) is 0 Å². The number of hydrogen-bond acceptors (Lipinski definition) is 3. The van der Waals surface area contributed by atoms with Crippen molar-refractivity contribution in [1.29, 1.82) is 0 Å². The van der Waals surface area contributed by atoms with Crippen LogP contribution in [-0.2, 0) is 4.79 Å². The Hall–Kier alpha value is -0.610. The third kappa shape index (κ3) is 6.03. The van der Waals surface area contributed by atoms with Gasteiger partial charge in [0.1, 0.15) is 0 Å². The molecule has 0 aromatic rings. The molecular weight excluding hydrogens is 214 g/mol. The number of piperazine rings is 1. The molecule has 4 nitrogen and oxygen atoms in total. The summed E-state index contributed by atoms with van der Waals surface area (Å²) in [5.41, 5.74) is 0. The lowest BCUT2D eigenvalue weighted by Gasteiger charge is -2.27. The van der Waals surface area contributed by atoms with Crippen LogP contribution in [0.15, 0.2) is 0 Å². The Balaban J connectivity index is 2.06. The Bertz CT molecular complexity index is 215. The maximum atomic E-state index is 11.9. The topological polar surface area (TPSA) is 35.6 Å². The molecule has 0 aromatic heterocycles. The molecule has 1 aliphatic heterocycles. The van der Waals surface area contributed by atoms with Crippen LogP contribution in [0.5, 0.6) is 0 Å². The van der Waals surface area contributed by atoms with Gasteiger partial charge in [0.2, 0.25) is 5.91 Å². The van der Waals surface area contributed by atoms with Gasteiger partial charge < -0.3 is 15.1 Å². The number of rotatable bonds is 7. The van der Waals surface area contributed by atoms with Gasteiger partial charge in [0.15, 0.2) is 0 Å². The first kappa shape index (κ1) is 14.5. The average molecular weight is 241 g/mol. The molecule has 0 bridgehead atoms. The molecule has 0 unspecified atom stereocenters. The number of amides is 1. The van der Waals surface area contributed by atoms with E-state index < -0.39 is 0 Å². The van der Waals surface area contributed by atoms with E-state index in [4.69, 9.17) is 0 Å². The Labute approximate surface area is 105 Å². The van der Waals surface area contributed by atoms with E-state index >= 15 is 0 Å². The van der Waals surface area contributed by atoms with Gasteiger partial charge in [0.05, 0.1) is 0 Å². The highest BCUT2D eigenvalue weighted by Gasteiger charge is 2.15. The standard InChI is InChI=1S/C13H27N3O/c1-3-4-9-15(2)10-5-6-13(17)16-11-7-14-8-12-16/h14H,3-12H2,1-2H3. The van der Waals surface area contributed by atoms with Crippen LogP contribution in [0.25, 0.3) is 0 Å². The van der Waals surface area contributed by atoms with Gasteiger partial charge in [-0.05, 0) is 33.0 Å². The first-order chi connectivity index (χ1) is 8.24. The van der Waals surface area contributed by atoms with E-state index in [2.05, 4.69) is 24.2 Å². The molecule has 1 aliphatic rings. The van der Waals surface area contributed by atoms with E-state index in [9.17, 15) is 4.79 Å². The van der Waals surface area contributed by atoms with Gasteiger partial charge >= 0.3 is 0 Å². The van der Waals surface area contributed by atoms with Crippen molar-refractivity contribution in [3.05, 3.63) is 0 Å². The summed E-state index contributed by atoms with van der Waals surface area (Å²) in [5, 5.41) is 3.26. The zero-order chi connectivity index (χ0) is 12.5. The Morgan fingerprint density at radius 3 is 2.53 bits per heavy atom. The SMILES string of the molecule is CCCCN(C)CCCC(=O)N1CCNCC1. The van der Waals surface area contributed by atoms with Gasteiger partial charge in [-0.1, -0.05) is 13.3 Å². The highest BCUT2D eigenvalue weighted by molar-refractivity contribution is 5.76. The molecule has 1 saturated heterocycles. The van der Waals surface area contributed by atoms with Crippen LogP contribution < -0.4 is 5.32 Å². The van der Waals surface area contributed by atoms with Crippen LogP contribution in [0.3, 0.4) is 0 Å². The predicted octanol–water partition coefficient (Wildman–Crippen LogP) is 0.930. The second-order valence-electron chi connectivity index (χ2n) is 4.89. The molecule has 0 spiro atoms. The normalized spacial score (nSPS) is 16.5. The van der Waals surface area contributed by atoms with Crippen molar-refractivity contribution in [3.8, 4) is 0 Å². The van der Waals surface area contributed by atoms with Gasteiger partial charge in [-0.25, -0.2) is 0 Å². The zero-order valence-electron chi connectivity index (χ0n) is 11.4. The highest BCUT2D eigenvalue weighted by Crippen LogP contribution is 2.01. The van der Waals surface area contributed by atoms with E-state index in [0.29, 0.717) is 12.3 Å². The summed E-state index contributed by atoms with van der Waals surface area (Å²) in [6.45, 7) is 8.05. The van der Waals surface area contributed by atoms with E-state index in [-0.39, 0.29) is 0 Å². The van der Waals surface area contributed by atoms with Crippen LogP contribution in [0.1, 0.15) is 32.6 Å². The van der Waals surface area contributed by atoms with Crippen molar-refractivity contribution in [1.82, 2.24) is 15.1 Å². The lowest BCUT2D eigenvalue weighted by molar-refractivity contribution is -0.131. The number of nitrogens with zero attached hydrogens (tertiary/aromatic N) is 2. The average Bonchev–Trinajstić information content (AvgIpc) is 2.37. The predicted molar refractivity (Wildman–Crippen MR) is 71.1 cm³/mol. The molecule has 0 aromatic carbocycles. The fraction of sp³-hybridized carbons (Fsp3) is 0.923. The molecule has 0 atom stereocenters. The number of unbranched alkanes of at least 4 members (excludes halogenated alkanes) is 1. The van der Waals surface area contributed by atoms with E-state index in [0.717, 1.165) is 45.7 Å². The second kappa shape index (κ2) is 8.48. The summed E-state index contributed by atoms with van der Waals surface area (Å²) < 4.78 is 0. The smallest absolute Gasteiger partial charge is 0.222 e. The number of carbonyl (C=O) groups is 1. The maximum absolute atomic E-state index is 11.9. The van der Waals surface area contributed by atoms with Crippen LogP contribution >= 0.6 is 0 Å². The third-order valence-corrected chi connectivity index (χ3v) is 3.29. The lowest BCUT2D eigenvalue weighted by atomic mass is 10.2. The first-order valence-electron chi connectivity index (χ1n) is 6.91. The van der Waals surface area contributed by atoms with Crippen LogP contribution in [0, 0.1) is 0 Å². The molecular formula is C13H27N3O. The van der Waals surface area contributed by atoms with E-state index in [1.54, 1.807) is 0 Å². The van der Waals surface area contributed by atoms with Crippen molar-refractivity contribution in [2.75, 3.05) is 46.3 Å². The van der Waals surface area contributed by atoms with Crippen LogP contribution in [0.2, 0.25) is 0 Å². The lowest BCUT2D eigenvalue weighted by Crippen LogP contribution is -2.46. The monoisotopic (exact) mass is 241 g/mol. The zero-order valence-corrected chi connectivity index (χ0v) is 11.4. The summed E-state index contributed by atoms with van der Waals surface area (Å²) in [7, 11) is 2.14. The molecule has 1 rings (SSSR count). The Kier molecular flexibility index (Phi) is 7.21. The summed E-state index contributed by atoms with van der Waals surface area (Å²) in [4.78, 5) is 16.2. The first-order valence-corrected chi connectivity index (χ1v) is 6.91. The van der Waals surface area contributed by atoms with Crippen molar-refractivity contribution in [2.45, 2.75) is 32.6 Å². The summed E-state index contributed by atoms with van der Waals surface area (Å²) in [6.07, 6.45) is 4.19. The van der Waals surface area contributed by atoms with Gasteiger partial charge in [-0.2, -0.15) is 0 Å². The van der Waals surface area contributed by atoms with Gasteiger partial charge in [-0.15, -0.1) is 0 Å². The van der Waals surface area contributed by atoms with Crippen molar-refractivity contribution >= 4 is 5.91 Å². The molecule has 0 aliphatic carbocycles. The molecule has 1 heterocycles. The fourth-order valence-corrected chi connectivity index (χ4v) is 2.11. The molecule has 4 heteroatoms. The summed E-state index contributed by atoms with van der Waals surface area (Å²) >= 11 is 0. The molecule has 100 valence electrons. The minimum absolute atomic E-state index is 0.329. The number of hydrogen-bond donors (Lipinski definition) is 1. The van der Waals surface area contributed by atoms with Gasteiger partial charge in [-0.3, -0.25) is 4.79 Å². The fourth-order valence-electron chi connectivity index (χ4n) is 2.11. The van der Waals surface area contributed by atoms with Crippen LogP contribution in [0.4, 0.5) is 0 Å². The Morgan fingerprint density at radius 2 is 1.88 bits per heavy atom. The molecule has 17 heavy (non-hydrogen) atoms. The molecule has 0 saturated carbocycles. The minimum atomic E-state index is 0.329. The molecule has 1 fully saturated rings. The van der Waals surface area contributed by atoms with Crippen molar-refractivity contribution in [3.63, 3.8) is 0 Å². The largest absolute Gasteiger partial charge is 0.340 e.